The summed E-state index contributed by atoms with van der Waals surface area (Å²) < 4.78 is 16.7. The number of likely N-dealkylation sites (tertiary alicyclic amines) is 1. The van der Waals surface area contributed by atoms with Crippen molar-refractivity contribution in [2.24, 2.45) is 0 Å². The average Bonchev–Trinajstić information content (AvgIpc) is 3.12. The largest absolute Gasteiger partial charge is 0.497 e. The summed E-state index contributed by atoms with van der Waals surface area (Å²) in [6.07, 6.45) is 2.36. The lowest BCUT2D eigenvalue weighted by molar-refractivity contribution is -0.157. The van der Waals surface area contributed by atoms with E-state index in [0.29, 0.717) is 12.5 Å². The van der Waals surface area contributed by atoms with Crippen molar-refractivity contribution in [3.63, 3.8) is 0 Å². The molecule has 142 valence electrons. The molecule has 1 aromatic carbocycles. The van der Waals surface area contributed by atoms with Crippen molar-refractivity contribution < 1.29 is 19.0 Å². The van der Waals surface area contributed by atoms with E-state index >= 15 is 0 Å². The highest BCUT2D eigenvalue weighted by Crippen LogP contribution is 2.37. The van der Waals surface area contributed by atoms with Crippen molar-refractivity contribution in [1.82, 2.24) is 9.80 Å². The van der Waals surface area contributed by atoms with E-state index < -0.39 is 0 Å². The Morgan fingerprint density at radius 1 is 1.23 bits per heavy atom. The normalized spacial score (nSPS) is 25.3. The van der Waals surface area contributed by atoms with Crippen LogP contribution in [0, 0.1) is 0 Å². The number of carbonyl (C=O) groups excluding carboxylic acids is 1. The monoisotopic (exact) mass is 360 g/mol. The van der Waals surface area contributed by atoms with Gasteiger partial charge in [0.1, 0.15) is 11.4 Å². The first-order chi connectivity index (χ1) is 12.7. The Labute approximate surface area is 155 Å². The van der Waals surface area contributed by atoms with Gasteiger partial charge in [-0.15, -0.1) is 0 Å². The number of morpholine rings is 1. The molecule has 6 nitrogen and oxygen atoms in total. The summed E-state index contributed by atoms with van der Waals surface area (Å²) in [5.41, 5.74) is 1.07. The first kappa shape index (κ1) is 17.8. The maximum absolute atomic E-state index is 12.5. The number of rotatable bonds is 5. The predicted molar refractivity (Wildman–Crippen MR) is 97.4 cm³/mol. The number of methoxy groups -OCH3 is 1. The average molecular weight is 360 g/mol. The number of amides is 1. The molecule has 6 heteroatoms. The zero-order valence-electron chi connectivity index (χ0n) is 15.5. The van der Waals surface area contributed by atoms with Gasteiger partial charge in [0.2, 0.25) is 5.91 Å². The summed E-state index contributed by atoms with van der Waals surface area (Å²) in [4.78, 5) is 16.9. The van der Waals surface area contributed by atoms with Crippen molar-refractivity contribution in [1.29, 1.82) is 0 Å². The van der Waals surface area contributed by atoms with Crippen LogP contribution in [0.2, 0.25) is 0 Å². The summed E-state index contributed by atoms with van der Waals surface area (Å²) >= 11 is 0. The molecule has 3 aliphatic heterocycles. The molecule has 26 heavy (non-hydrogen) atoms. The van der Waals surface area contributed by atoms with Crippen molar-refractivity contribution in [2.45, 2.75) is 30.9 Å². The molecule has 4 rings (SSSR count). The molecule has 1 unspecified atom stereocenters. The summed E-state index contributed by atoms with van der Waals surface area (Å²) in [6, 6.07) is 8.41. The highest BCUT2D eigenvalue weighted by molar-refractivity contribution is 5.77. The Morgan fingerprint density at radius 3 is 2.65 bits per heavy atom. The zero-order chi connectivity index (χ0) is 18.0. The van der Waals surface area contributed by atoms with E-state index in [4.69, 9.17) is 14.2 Å². The first-order valence-electron chi connectivity index (χ1n) is 9.54. The van der Waals surface area contributed by atoms with Crippen LogP contribution in [0.5, 0.6) is 5.75 Å². The number of hydrogen-bond donors (Lipinski definition) is 0. The molecule has 1 spiro atoms. The molecule has 3 aliphatic rings. The minimum absolute atomic E-state index is 0.0985. The zero-order valence-corrected chi connectivity index (χ0v) is 15.5. The van der Waals surface area contributed by atoms with Crippen molar-refractivity contribution in [3.05, 3.63) is 29.8 Å². The van der Waals surface area contributed by atoms with Gasteiger partial charge in [0.15, 0.2) is 0 Å². The fraction of sp³-hybridized carbons (Fsp3) is 0.650. The molecule has 0 N–H and O–H groups in total. The summed E-state index contributed by atoms with van der Waals surface area (Å²) in [6.45, 7) is 5.90. The highest BCUT2D eigenvalue weighted by Gasteiger charge is 2.52. The maximum Gasteiger partial charge on any atom is 0.223 e. The smallest absolute Gasteiger partial charge is 0.223 e. The van der Waals surface area contributed by atoms with Crippen molar-refractivity contribution in [3.8, 4) is 5.75 Å². The van der Waals surface area contributed by atoms with Gasteiger partial charge in [0, 0.05) is 25.6 Å². The Hall–Kier alpha value is -1.63. The lowest BCUT2D eigenvalue weighted by Crippen LogP contribution is -2.63. The lowest BCUT2D eigenvalue weighted by Gasteiger charge is -2.47. The van der Waals surface area contributed by atoms with Crippen molar-refractivity contribution >= 4 is 5.91 Å². The van der Waals surface area contributed by atoms with Crippen LogP contribution in [0.25, 0.3) is 0 Å². The maximum atomic E-state index is 12.5. The van der Waals surface area contributed by atoms with Crippen LogP contribution >= 0.6 is 0 Å². The summed E-state index contributed by atoms with van der Waals surface area (Å²) in [5, 5.41) is 0. The molecule has 0 aliphatic carbocycles. The molecular weight excluding hydrogens is 332 g/mol. The molecule has 1 aromatic rings. The predicted octanol–water partition coefficient (Wildman–Crippen LogP) is 1.33. The number of hydrogen-bond acceptors (Lipinski definition) is 5. The van der Waals surface area contributed by atoms with Gasteiger partial charge < -0.3 is 19.1 Å². The van der Waals surface area contributed by atoms with Gasteiger partial charge >= 0.3 is 0 Å². The van der Waals surface area contributed by atoms with Crippen LogP contribution in [0.3, 0.4) is 0 Å². The van der Waals surface area contributed by atoms with E-state index in [1.165, 1.54) is 5.56 Å². The van der Waals surface area contributed by atoms with Crippen molar-refractivity contribution in [2.75, 3.05) is 53.1 Å². The topological polar surface area (TPSA) is 51.2 Å². The van der Waals surface area contributed by atoms with E-state index in [1.54, 1.807) is 7.11 Å². The van der Waals surface area contributed by atoms with Crippen LogP contribution < -0.4 is 4.74 Å². The molecule has 0 saturated carbocycles. The lowest BCUT2D eigenvalue weighted by atomic mass is 9.88. The van der Waals surface area contributed by atoms with Gasteiger partial charge in [-0.05, 0) is 30.5 Å². The molecule has 0 aromatic heterocycles. The van der Waals surface area contributed by atoms with Gasteiger partial charge in [-0.2, -0.15) is 0 Å². The second kappa shape index (κ2) is 7.55. The van der Waals surface area contributed by atoms with Gasteiger partial charge in [-0.1, -0.05) is 12.1 Å². The van der Waals surface area contributed by atoms with Gasteiger partial charge in [-0.3, -0.25) is 9.69 Å². The van der Waals surface area contributed by atoms with Gasteiger partial charge in [-0.25, -0.2) is 0 Å². The van der Waals surface area contributed by atoms with E-state index in [1.807, 2.05) is 29.2 Å². The third kappa shape index (κ3) is 3.72. The fourth-order valence-corrected chi connectivity index (χ4v) is 4.25. The van der Waals surface area contributed by atoms with E-state index in [9.17, 15) is 4.79 Å². The van der Waals surface area contributed by atoms with E-state index in [0.717, 1.165) is 64.6 Å². The molecule has 1 atom stereocenters. The third-order valence-electron chi connectivity index (χ3n) is 5.85. The summed E-state index contributed by atoms with van der Waals surface area (Å²) in [7, 11) is 1.66. The van der Waals surface area contributed by atoms with Gasteiger partial charge in [0.25, 0.3) is 0 Å². The molecule has 3 saturated heterocycles. The minimum atomic E-state index is -0.0985. The number of benzene rings is 1. The second-order valence-electron chi connectivity index (χ2n) is 7.60. The van der Waals surface area contributed by atoms with Gasteiger partial charge in [0.05, 0.1) is 40.0 Å². The van der Waals surface area contributed by atoms with E-state index in [2.05, 4.69) is 4.90 Å². The van der Waals surface area contributed by atoms with Crippen LogP contribution in [0.1, 0.15) is 18.4 Å². The Kier molecular flexibility index (Phi) is 5.16. The number of ether oxygens (including phenoxy) is 3. The van der Waals surface area contributed by atoms with Crippen LogP contribution in [-0.2, 0) is 20.7 Å². The number of carbonyl (C=O) groups is 1. The molecule has 0 bridgehead atoms. The highest BCUT2D eigenvalue weighted by atomic mass is 16.5. The quantitative estimate of drug-likeness (QED) is 0.793. The standard InChI is InChI=1S/C20H28N2O4/c1-24-18-5-2-16(3-6-18)4-7-19(23)22-14-20(15-22)12-17(13-26-20)21-8-10-25-11-9-21/h2-3,5-6,17H,4,7-15H2,1H3. The SMILES string of the molecule is COc1ccc(CCC(=O)N2CC3(CC(N4CCOCC4)CO3)C2)cc1. The molecule has 3 heterocycles. The van der Waals surface area contributed by atoms with E-state index in [-0.39, 0.29) is 11.5 Å². The fourth-order valence-electron chi connectivity index (χ4n) is 4.25. The molecule has 0 radical (unpaired) electrons. The van der Waals surface area contributed by atoms with Crippen LogP contribution in [0.4, 0.5) is 0 Å². The van der Waals surface area contributed by atoms with Crippen LogP contribution in [0.15, 0.2) is 24.3 Å². The van der Waals surface area contributed by atoms with Crippen LogP contribution in [-0.4, -0.2) is 80.5 Å². The summed E-state index contributed by atoms with van der Waals surface area (Å²) in [5.74, 6) is 1.07. The number of aryl methyl sites for hydroxylation is 1. The molecular formula is C20H28N2O4. The third-order valence-corrected chi connectivity index (χ3v) is 5.85. The number of nitrogens with zero attached hydrogens (tertiary/aromatic N) is 2. The Bertz CT molecular complexity index is 621. The molecule has 1 amide bonds. The second-order valence-corrected chi connectivity index (χ2v) is 7.60. The Balaban J connectivity index is 1.22. The minimum Gasteiger partial charge on any atom is -0.497 e. The molecule has 3 fully saturated rings. The Morgan fingerprint density at radius 2 is 1.96 bits per heavy atom. The first-order valence-corrected chi connectivity index (χ1v) is 9.54.